The molecule has 0 unspecified atom stereocenters. The van der Waals surface area contributed by atoms with E-state index >= 15 is 0 Å². The number of hydrogen-bond donors (Lipinski definition) is 1. The molecule has 4 aromatic heterocycles. The zero-order valence-corrected chi connectivity index (χ0v) is 15.5. The van der Waals surface area contributed by atoms with Crippen LogP contribution < -0.4 is 10.5 Å². The summed E-state index contributed by atoms with van der Waals surface area (Å²) in [5.41, 5.74) is 0.0201. The van der Waals surface area contributed by atoms with E-state index in [1.165, 1.54) is 0 Å². The average Bonchev–Trinajstić information content (AvgIpc) is 3.35. The summed E-state index contributed by atoms with van der Waals surface area (Å²) in [7, 11) is 0. The molecular weight excluding hydrogens is 346 g/mol. The number of rotatable bonds is 5. The van der Waals surface area contributed by atoms with Crippen molar-refractivity contribution in [2.75, 3.05) is 4.90 Å². The van der Waals surface area contributed by atoms with Gasteiger partial charge in [-0.05, 0) is 45.0 Å². The largest absolute Gasteiger partial charge is 0.467 e. The Morgan fingerprint density at radius 2 is 1.74 bits per heavy atom. The maximum absolute atomic E-state index is 12.6. The molecule has 0 atom stereocenters. The zero-order chi connectivity index (χ0) is 19.0. The van der Waals surface area contributed by atoms with Gasteiger partial charge in [-0.3, -0.25) is 9.78 Å². The Kier molecular flexibility index (Phi) is 4.10. The van der Waals surface area contributed by atoms with Gasteiger partial charge in [0.05, 0.1) is 37.4 Å². The summed E-state index contributed by atoms with van der Waals surface area (Å²) in [6, 6.07) is 7.42. The molecule has 0 saturated carbocycles. The van der Waals surface area contributed by atoms with Gasteiger partial charge in [-0.25, -0.2) is 4.68 Å². The summed E-state index contributed by atoms with van der Waals surface area (Å²) in [6.07, 6.45) is 4.79. The van der Waals surface area contributed by atoms with E-state index in [0.29, 0.717) is 30.1 Å². The second-order valence-corrected chi connectivity index (χ2v) is 7.37. The lowest BCUT2D eigenvalue weighted by molar-refractivity contribution is 0.365. The van der Waals surface area contributed by atoms with Crippen LogP contribution >= 0.6 is 0 Å². The van der Waals surface area contributed by atoms with Crippen molar-refractivity contribution in [2.45, 2.75) is 39.4 Å². The van der Waals surface area contributed by atoms with Crippen molar-refractivity contribution in [1.82, 2.24) is 19.7 Å². The van der Waals surface area contributed by atoms with Gasteiger partial charge in [0.15, 0.2) is 5.65 Å². The Bertz CT molecular complexity index is 1050. The first-order valence-corrected chi connectivity index (χ1v) is 8.70. The van der Waals surface area contributed by atoms with E-state index in [4.69, 9.17) is 13.8 Å². The molecule has 4 heterocycles. The number of fused-ring (bicyclic) bond motifs is 1. The lowest BCUT2D eigenvalue weighted by Crippen LogP contribution is -2.28. The van der Waals surface area contributed by atoms with E-state index < -0.39 is 0 Å². The highest BCUT2D eigenvalue weighted by Gasteiger charge is 2.22. The number of hydrogen-bond acceptors (Lipinski definition) is 6. The van der Waals surface area contributed by atoms with Gasteiger partial charge < -0.3 is 13.7 Å². The molecule has 4 rings (SSSR count). The molecule has 27 heavy (non-hydrogen) atoms. The third-order valence-corrected chi connectivity index (χ3v) is 4.21. The molecule has 0 amide bonds. The van der Waals surface area contributed by atoms with Crippen LogP contribution in [0.5, 0.6) is 0 Å². The van der Waals surface area contributed by atoms with E-state index in [1.807, 2.05) is 49.9 Å². The first-order valence-electron chi connectivity index (χ1n) is 8.70. The van der Waals surface area contributed by atoms with Crippen LogP contribution in [0.4, 0.5) is 5.95 Å². The molecule has 140 valence electrons. The molecule has 0 radical (unpaired) electrons. The number of aromatic nitrogens is 4. The number of nitrogens with zero attached hydrogens (tertiary/aromatic N) is 4. The lowest BCUT2D eigenvalue weighted by Gasteiger charge is -2.23. The summed E-state index contributed by atoms with van der Waals surface area (Å²) < 4.78 is 12.7. The number of aromatic amines is 1. The molecule has 0 spiro atoms. The quantitative estimate of drug-likeness (QED) is 0.582. The fourth-order valence-corrected chi connectivity index (χ4v) is 2.93. The minimum absolute atomic E-state index is 0.227. The first-order chi connectivity index (χ1) is 12.9. The summed E-state index contributed by atoms with van der Waals surface area (Å²) in [4.78, 5) is 22.1. The number of nitrogens with one attached hydrogen (secondary N) is 1. The first kappa shape index (κ1) is 17.1. The average molecular weight is 367 g/mol. The lowest BCUT2D eigenvalue weighted by atomic mass is 10.1. The van der Waals surface area contributed by atoms with Crippen LogP contribution in [-0.4, -0.2) is 19.7 Å². The highest BCUT2D eigenvalue weighted by atomic mass is 16.3. The summed E-state index contributed by atoms with van der Waals surface area (Å²) in [5.74, 6) is 1.95. The topological polar surface area (TPSA) is 93.1 Å². The van der Waals surface area contributed by atoms with Crippen LogP contribution in [-0.2, 0) is 18.6 Å². The Morgan fingerprint density at radius 1 is 1.11 bits per heavy atom. The standard InChI is InChI=1S/C19H21N5O3/c1-19(2,3)24-16-15(10-20-24)17(25)22-18(21-16)23(11-13-6-4-8-26-13)12-14-7-5-9-27-14/h4-10H,11-12H2,1-3H3,(H,21,22,25). The summed E-state index contributed by atoms with van der Waals surface area (Å²) in [5, 5.41) is 4.82. The maximum Gasteiger partial charge on any atom is 0.263 e. The van der Waals surface area contributed by atoms with Crippen molar-refractivity contribution < 1.29 is 8.83 Å². The summed E-state index contributed by atoms with van der Waals surface area (Å²) >= 11 is 0. The van der Waals surface area contributed by atoms with Crippen LogP contribution in [0, 0.1) is 0 Å². The second kappa shape index (κ2) is 6.46. The van der Waals surface area contributed by atoms with Crippen LogP contribution in [0.15, 0.2) is 56.6 Å². The molecule has 0 aromatic carbocycles. The molecule has 0 aliphatic rings. The normalized spacial score (nSPS) is 12.0. The monoisotopic (exact) mass is 367 g/mol. The van der Waals surface area contributed by atoms with Crippen LogP contribution in [0.2, 0.25) is 0 Å². The Hall–Kier alpha value is -3.29. The van der Waals surface area contributed by atoms with E-state index in [9.17, 15) is 4.79 Å². The van der Waals surface area contributed by atoms with Gasteiger partial charge in [-0.15, -0.1) is 0 Å². The maximum atomic E-state index is 12.6. The molecule has 0 fully saturated rings. The summed E-state index contributed by atoms with van der Waals surface area (Å²) in [6.45, 7) is 6.93. The molecule has 1 N–H and O–H groups in total. The zero-order valence-electron chi connectivity index (χ0n) is 15.5. The Morgan fingerprint density at radius 3 is 2.26 bits per heavy atom. The van der Waals surface area contributed by atoms with Gasteiger partial charge in [-0.2, -0.15) is 10.1 Å². The van der Waals surface area contributed by atoms with Gasteiger partial charge in [0, 0.05) is 0 Å². The van der Waals surface area contributed by atoms with Crippen LogP contribution in [0.25, 0.3) is 11.0 Å². The van der Waals surface area contributed by atoms with Gasteiger partial charge >= 0.3 is 0 Å². The molecular formula is C19H21N5O3. The van der Waals surface area contributed by atoms with Crippen molar-refractivity contribution in [3.63, 3.8) is 0 Å². The van der Waals surface area contributed by atoms with Crippen molar-refractivity contribution in [3.05, 3.63) is 64.9 Å². The highest BCUT2D eigenvalue weighted by Crippen LogP contribution is 2.22. The SMILES string of the molecule is CC(C)(C)n1ncc2c(=O)[nH]c(N(Cc3ccco3)Cc3ccco3)nc21. The molecule has 8 nitrogen and oxygen atoms in total. The number of H-pyrrole nitrogens is 1. The van der Waals surface area contributed by atoms with Crippen LogP contribution in [0.1, 0.15) is 32.3 Å². The van der Waals surface area contributed by atoms with Gasteiger partial charge in [-0.1, -0.05) is 0 Å². The molecule has 8 heteroatoms. The van der Waals surface area contributed by atoms with E-state index in [-0.39, 0.29) is 11.1 Å². The van der Waals surface area contributed by atoms with Crippen molar-refractivity contribution in [3.8, 4) is 0 Å². The van der Waals surface area contributed by atoms with E-state index in [0.717, 1.165) is 11.5 Å². The third kappa shape index (κ3) is 3.38. The van der Waals surface area contributed by atoms with Gasteiger partial charge in [0.2, 0.25) is 5.95 Å². The third-order valence-electron chi connectivity index (χ3n) is 4.21. The molecule has 0 bridgehead atoms. The predicted octanol–water partition coefficient (Wildman–Crippen LogP) is 3.27. The molecule has 0 saturated heterocycles. The predicted molar refractivity (Wildman–Crippen MR) is 100 cm³/mol. The fraction of sp³-hybridized carbons (Fsp3) is 0.316. The minimum atomic E-state index is -0.299. The fourth-order valence-electron chi connectivity index (χ4n) is 2.93. The molecule has 0 aliphatic heterocycles. The Labute approximate surface area is 155 Å². The minimum Gasteiger partial charge on any atom is -0.467 e. The Balaban J connectivity index is 1.80. The van der Waals surface area contributed by atoms with Crippen LogP contribution in [0.3, 0.4) is 0 Å². The molecule has 4 aromatic rings. The van der Waals surface area contributed by atoms with E-state index in [2.05, 4.69) is 10.1 Å². The van der Waals surface area contributed by atoms with Gasteiger partial charge in [0.1, 0.15) is 16.9 Å². The van der Waals surface area contributed by atoms with E-state index in [1.54, 1.807) is 23.4 Å². The van der Waals surface area contributed by atoms with Gasteiger partial charge in [0.25, 0.3) is 5.56 Å². The highest BCUT2D eigenvalue weighted by molar-refractivity contribution is 5.74. The number of anilines is 1. The van der Waals surface area contributed by atoms with Crippen molar-refractivity contribution in [1.29, 1.82) is 0 Å². The second-order valence-electron chi connectivity index (χ2n) is 7.37. The number of furan rings is 2. The van der Waals surface area contributed by atoms with Crippen molar-refractivity contribution in [2.24, 2.45) is 0 Å². The van der Waals surface area contributed by atoms with Crippen molar-refractivity contribution >= 4 is 17.0 Å². The molecule has 0 aliphatic carbocycles. The smallest absolute Gasteiger partial charge is 0.263 e.